The summed E-state index contributed by atoms with van der Waals surface area (Å²) in [5.74, 6) is -2.82. The molecule has 0 saturated carbocycles. The van der Waals surface area contributed by atoms with Gasteiger partial charge in [0, 0.05) is 30.7 Å². The summed E-state index contributed by atoms with van der Waals surface area (Å²) in [7, 11) is 0. The van der Waals surface area contributed by atoms with Crippen LogP contribution in [0.4, 0.5) is 15.8 Å². The quantitative estimate of drug-likeness (QED) is 0.486. The van der Waals surface area contributed by atoms with Crippen molar-refractivity contribution in [2.75, 3.05) is 5.32 Å². The molecule has 0 aliphatic rings. The molecule has 0 bridgehead atoms. The molecule has 1 atom stereocenters. The summed E-state index contributed by atoms with van der Waals surface area (Å²) < 4.78 is 13.4. The van der Waals surface area contributed by atoms with Gasteiger partial charge < -0.3 is 16.4 Å². The molecule has 0 fully saturated rings. The molecule has 0 aliphatic heterocycles. The van der Waals surface area contributed by atoms with Gasteiger partial charge in [0.25, 0.3) is 5.91 Å². The summed E-state index contributed by atoms with van der Waals surface area (Å²) in [5.41, 5.74) is 5.39. The number of hydrogen-bond acceptors (Lipinski definition) is 5. The zero-order valence-corrected chi connectivity index (χ0v) is 14.8. The standard InChI is InChI=1S/C18H17FN4O5/c1-10(24)21-13-4-2-3-12(9-13)18(26)22-15(17(20)25)7-11-5-6-14(19)16(8-11)23(27)28/h2-6,8-9,15H,7H2,1H3,(H2,20,25)(H,21,24)(H,22,26)/t15-/m1/s1. The zero-order valence-electron chi connectivity index (χ0n) is 14.8. The monoisotopic (exact) mass is 388 g/mol. The Bertz CT molecular complexity index is 947. The summed E-state index contributed by atoms with van der Waals surface area (Å²) in [4.78, 5) is 45.2. The summed E-state index contributed by atoms with van der Waals surface area (Å²) in [6.07, 6.45) is -0.159. The minimum absolute atomic E-state index is 0.159. The number of carbonyl (C=O) groups is 3. The third-order valence-electron chi connectivity index (χ3n) is 3.74. The number of carbonyl (C=O) groups excluding carboxylic acids is 3. The molecule has 10 heteroatoms. The number of nitro groups is 1. The molecule has 0 heterocycles. The van der Waals surface area contributed by atoms with Crippen molar-refractivity contribution in [1.29, 1.82) is 0 Å². The SMILES string of the molecule is CC(=O)Nc1cccc(C(=O)N[C@H](Cc2ccc(F)c([N+](=O)[O-])c2)C(N)=O)c1. The molecule has 28 heavy (non-hydrogen) atoms. The second-order valence-corrected chi connectivity index (χ2v) is 5.94. The van der Waals surface area contributed by atoms with E-state index in [1.54, 1.807) is 12.1 Å². The number of halogens is 1. The Morgan fingerprint density at radius 2 is 1.93 bits per heavy atom. The molecule has 0 aliphatic carbocycles. The lowest BCUT2D eigenvalue weighted by molar-refractivity contribution is -0.387. The molecule has 3 amide bonds. The van der Waals surface area contributed by atoms with E-state index in [2.05, 4.69) is 10.6 Å². The van der Waals surface area contributed by atoms with E-state index in [4.69, 9.17) is 5.73 Å². The highest BCUT2D eigenvalue weighted by molar-refractivity contribution is 5.99. The second kappa shape index (κ2) is 8.71. The third kappa shape index (κ3) is 5.34. The molecule has 146 valence electrons. The summed E-state index contributed by atoms with van der Waals surface area (Å²) >= 11 is 0. The Morgan fingerprint density at radius 1 is 1.21 bits per heavy atom. The molecular weight excluding hydrogens is 371 g/mol. The second-order valence-electron chi connectivity index (χ2n) is 5.94. The molecule has 0 saturated heterocycles. The first kappa shape index (κ1) is 20.5. The van der Waals surface area contributed by atoms with Crippen molar-refractivity contribution in [3.63, 3.8) is 0 Å². The van der Waals surface area contributed by atoms with Crippen molar-refractivity contribution >= 4 is 29.1 Å². The van der Waals surface area contributed by atoms with Crippen LogP contribution in [0.5, 0.6) is 0 Å². The number of nitrogens with two attached hydrogens (primary N) is 1. The van der Waals surface area contributed by atoms with Gasteiger partial charge in [-0.3, -0.25) is 24.5 Å². The molecule has 0 radical (unpaired) electrons. The molecule has 0 spiro atoms. The van der Waals surface area contributed by atoms with Gasteiger partial charge in [0.2, 0.25) is 17.6 Å². The number of nitrogens with zero attached hydrogens (tertiary/aromatic N) is 1. The van der Waals surface area contributed by atoms with E-state index in [-0.39, 0.29) is 23.5 Å². The highest BCUT2D eigenvalue weighted by Crippen LogP contribution is 2.19. The van der Waals surface area contributed by atoms with Crippen molar-refractivity contribution in [3.05, 3.63) is 69.5 Å². The smallest absolute Gasteiger partial charge is 0.305 e. The minimum atomic E-state index is -1.18. The van der Waals surface area contributed by atoms with Crippen LogP contribution in [-0.4, -0.2) is 28.7 Å². The van der Waals surface area contributed by atoms with Gasteiger partial charge in [0.05, 0.1) is 4.92 Å². The number of rotatable bonds is 7. The van der Waals surface area contributed by atoms with Crippen molar-refractivity contribution < 1.29 is 23.7 Å². The van der Waals surface area contributed by atoms with E-state index >= 15 is 0 Å². The molecule has 9 nitrogen and oxygen atoms in total. The van der Waals surface area contributed by atoms with E-state index in [0.717, 1.165) is 12.1 Å². The summed E-state index contributed by atoms with van der Waals surface area (Å²) in [6, 6.07) is 7.99. The van der Waals surface area contributed by atoms with Crippen LogP contribution in [-0.2, 0) is 16.0 Å². The maximum Gasteiger partial charge on any atom is 0.305 e. The van der Waals surface area contributed by atoms with Gasteiger partial charge >= 0.3 is 5.69 Å². The lowest BCUT2D eigenvalue weighted by atomic mass is 10.0. The highest BCUT2D eigenvalue weighted by atomic mass is 19.1. The van der Waals surface area contributed by atoms with E-state index in [1.165, 1.54) is 25.1 Å². The number of hydrogen-bond donors (Lipinski definition) is 3. The Hall–Kier alpha value is -3.82. The molecule has 2 aromatic carbocycles. The van der Waals surface area contributed by atoms with Gasteiger partial charge in [-0.05, 0) is 29.8 Å². The van der Waals surface area contributed by atoms with Crippen LogP contribution in [0.15, 0.2) is 42.5 Å². The van der Waals surface area contributed by atoms with Crippen LogP contribution in [0, 0.1) is 15.9 Å². The van der Waals surface area contributed by atoms with Crippen LogP contribution >= 0.6 is 0 Å². The van der Waals surface area contributed by atoms with Gasteiger partial charge in [-0.2, -0.15) is 4.39 Å². The van der Waals surface area contributed by atoms with Crippen molar-refractivity contribution in [2.24, 2.45) is 5.73 Å². The lowest BCUT2D eigenvalue weighted by Gasteiger charge is -2.16. The Kier molecular flexibility index (Phi) is 6.38. The zero-order chi connectivity index (χ0) is 20.8. The number of anilines is 1. The van der Waals surface area contributed by atoms with Gasteiger partial charge in [-0.1, -0.05) is 12.1 Å². The van der Waals surface area contributed by atoms with E-state index in [1.807, 2.05) is 0 Å². The first-order valence-corrected chi connectivity index (χ1v) is 8.08. The van der Waals surface area contributed by atoms with Crippen LogP contribution in [0.2, 0.25) is 0 Å². The number of nitrogens with one attached hydrogen (secondary N) is 2. The fourth-order valence-corrected chi connectivity index (χ4v) is 2.47. The molecule has 0 unspecified atom stereocenters. The largest absolute Gasteiger partial charge is 0.368 e. The van der Waals surface area contributed by atoms with E-state index in [0.29, 0.717) is 5.69 Å². The van der Waals surface area contributed by atoms with Crippen molar-refractivity contribution in [2.45, 2.75) is 19.4 Å². The Balaban J connectivity index is 2.18. The van der Waals surface area contributed by atoms with Crippen molar-refractivity contribution in [1.82, 2.24) is 5.32 Å². The maximum atomic E-state index is 13.4. The molecule has 4 N–H and O–H groups in total. The Morgan fingerprint density at radius 3 is 2.54 bits per heavy atom. The fourth-order valence-electron chi connectivity index (χ4n) is 2.47. The highest BCUT2D eigenvalue weighted by Gasteiger charge is 2.22. The fraction of sp³-hybridized carbons (Fsp3) is 0.167. The van der Waals surface area contributed by atoms with Crippen LogP contribution in [0.25, 0.3) is 0 Å². The maximum absolute atomic E-state index is 13.4. The van der Waals surface area contributed by atoms with E-state index < -0.39 is 34.3 Å². The van der Waals surface area contributed by atoms with Gasteiger partial charge in [-0.25, -0.2) is 0 Å². The van der Waals surface area contributed by atoms with E-state index in [9.17, 15) is 28.9 Å². The number of benzene rings is 2. The molecule has 2 rings (SSSR count). The predicted octanol–water partition coefficient (Wildman–Crippen LogP) is 1.52. The van der Waals surface area contributed by atoms with Crippen LogP contribution in [0.1, 0.15) is 22.8 Å². The summed E-state index contributed by atoms with van der Waals surface area (Å²) in [6.45, 7) is 1.32. The molecule has 2 aromatic rings. The van der Waals surface area contributed by atoms with Gasteiger partial charge in [0.1, 0.15) is 6.04 Å². The topological polar surface area (TPSA) is 144 Å². The first-order valence-electron chi connectivity index (χ1n) is 8.08. The number of amides is 3. The van der Waals surface area contributed by atoms with Crippen LogP contribution < -0.4 is 16.4 Å². The predicted molar refractivity (Wildman–Crippen MR) is 98.0 cm³/mol. The average molecular weight is 388 g/mol. The normalized spacial score (nSPS) is 11.4. The average Bonchev–Trinajstić information content (AvgIpc) is 2.61. The van der Waals surface area contributed by atoms with Gasteiger partial charge in [-0.15, -0.1) is 0 Å². The van der Waals surface area contributed by atoms with Gasteiger partial charge in [0.15, 0.2) is 0 Å². The number of primary amides is 1. The van der Waals surface area contributed by atoms with Crippen molar-refractivity contribution in [3.8, 4) is 0 Å². The number of nitro benzene ring substituents is 1. The lowest BCUT2D eigenvalue weighted by Crippen LogP contribution is -2.45. The Labute approximate surface area is 158 Å². The summed E-state index contributed by atoms with van der Waals surface area (Å²) in [5, 5.41) is 15.8. The molecule has 0 aromatic heterocycles. The third-order valence-corrected chi connectivity index (χ3v) is 3.74. The first-order chi connectivity index (χ1) is 13.2. The van der Waals surface area contributed by atoms with Crippen LogP contribution in [0.3, 0.4) is 0 Å². The minimum Gasteiger partial charge on any atom is -0.368 e. The molecular formula is C18H17FN4O5.